The van der Waals surface area contributed by atoms with Crippen LogP contribution in [0.5, 0.6) is 0 Å². The van der Waals surface area contributed by atoms with Gasteiger partial charge >= 0.3 is 0 Å². The molecule has 0 spiro atoms. The molecule has 0 aliphatic carbocycles. The molecule has 0 unspecified atom stereocenters. The Labute approximate surface area is 134 Å². The number of amides is 1. The maximum absolute atomic E-state index is 11.7. The standard InChI is InChI=1S/C16H23BrN2O2/c1-10(2)15-12(7-8-21-15)9-19-14(16(18)20)11-3-5-13(17)6-4-11/h3-6,10,12,14-15,19H,7-9H2,1-2H3,(H2,18,20)/t12-,14-,15-/m1/s1. The molecule has 0 radical (unpaired) electrons. The van der Waals surface area contributed by atoms with Crippen LogP contribution in [0.3, 0.4) is 0 Å². The van der Waals surface area contributed by atoms with E-state index in [9.17, 15) is 4.79 Å². The van der Waals surface area contributed by atoms with E-state index in [1.807, 2.05) is 24.3 Å². The lowest BCUT2D eigenvalue weighted by molar-refractivity contribution is -0.120. The van der Waals surface area contributed by atoms with Crippen LogP contribution in [0.1, 0.15) is 31.9 Å². The zero-order chi connectivity index (χ0) is 15.4. The van der Waals surface area contributed by atoms with Crippen LogP contribution >= 0.6 is 15.9 Å². The van der Waals surface area contributed by atoms with E-state index in [4.69, 9.17) is 10.5 Å². The number of benzene rings is 1. The quantitative estimate of drug-likeness (QED) is 0.825. The normalized spacial score (nSPS) is 23.4. The van der Waals surface area contributed by atoms with Crippen molar-refractivity contribution >= 4 is 21.8 Å². The maximum Gasteiger partial charge on any atom is 0.239 e. The zero-order valence-corrected chi connectivity index (χ0v) is 14.1. The van der Waals surface area contributed by atoms with E-state index >= 15 is 0 Å². The number of ether oxygens (including phenoxy) is 1. The van der Waals surface area contributed by atoms with Crippen molar-refractivity contribution in [1.82, 2.24) is 5.32 Å². The molecule has 3 N–H and O–H groups in total. The van der Waals surface area contributed by atoms with Gasteiger partial charge in [-0.25, -0.2) is 0 Å². The number of nitrogens with two attached hydrogens (primary N) is 1. The van der Waals surface area contributed by atoms with E-state index in [0.717, 1.165) is 29.6 Å². The van der Waals surface area contributed by atoms with Crippen molar-refractivity contribution in [2.75, 3.05) is 13.2 Å². The molecule has 1 aromatic rings. The molecule has 0 saturated carbocycles. The third kappa shape index (κ3) is 4.28. The molecule has 1 heterocycles. The first kappa shape index (κ1) is 16.5. The second-order valence-electron chi connectivity index (χ2n) is 5.92. The van der Waals surface area contributed by atoms with Gasteiger partial charge in [-0.05, 0) is 30.0 Å². The number of carbonyl (C=O) groups excluding carboxylic acids is 1. The summed E-state index contributed by atoms with van der Waals surface area (Å²) in [5, 5.41) is 3.31. The Balaban J connectivity index is 2.00. The van der Waals surface area contributed by atoms with Crippen molar-refractivity contribution in [2.24, 2.45) is 17.6 Å². The highest BCUT2D eigenvalue weighted by Gasteiger charge is 2.31. The predicted octanol–water partition coefficient (Wildman–Crippen LogP) is 2.63. The van der Waals surface area contributed by atoms with Crippen molar-refractivity contribution in [3.8, 4) is 0 Å². The predicted molar refractivity (Wildman–Crippen MR) is 86.8 cm³/mol. The van der Waals surface area contributed by atoms with Crippen LogP contribution in [0.2, 0.25) is 0 Å². The molecule has 21 heavy (non-hydrogen) atoms. The van der Waals surface area contributed by atoms with Gasteiger partial charge in [-0.2, -0.15) is 0 Å². The molecule has 1 fully saturated rings. The molecule has 5 heteroatoms. The molecular formula is C16H23BrN2O2. The van der Waals surface area contributed by atoms with Gasteiger partial charge in [0.1, 0.15) is 6.04 Å². The van der Waals surface area contributed by atoms with E-state index in [0.29, 0.717) is 11.8 Å². The molecule has 1 aliphatic heterocycles. The summed E-state index contributed by atoms with van der Waals surface area (Å²) in [4.78, 5) is 11.7. The molecule has 3 atom stereocenters. The van der Waals surface area contributed by atoms with Crippen molar-refractivity contribution in [1.29, 1.82) is 0 Å². The van der Waals surface area contributed by atoms with Gasteiger partial charge in [0.05, 0.1) is 6.10 Å². The average molecular weight is 355 g/mol. The van der Waals surface area contributed by atoms with Gasteiger partial charge < -0.3 is 15.8 Å². The number of hydrogen-bond acceptors (Lipinski definition) is 3. The van der Waals surface area contributed by atoms with E-state index in [1.165, 1.54) is 0 Å². The molecule has 1 aromatic carbocycles. The van der Waals surface area contributed by atoms with Gasteiger partial charge in [-0.1, -0.05) is 41.9 Å². The lowest BCUT2D eigenvalue weighted by atomic mass is 9.92. The minimum absolute atomic E-state index is 0.260. The van der Waals surface area contributed by atoms with Crippen LogP contribution < -0.4 is 11.1 Å². The van der Waals surface area contributed by atoms with Gasteiger partial charge in [-0.3, -0.25) is 4.79 Å². The SMILES string of the molecule is CC(C)[C@H]1OCC[C@@H]1CN[C@@H](C(N)=O)c1ccc(Br)cc1. The summed E-state index contributed by atoms with van der Waals surface area (Å²) in [6.45, 7) is 5.88. The van der Waals surface area contributed by atoms with Gasteiger partial charge in [0, 0.05) is 23.5 Å². The highest BCUT2D eigenvalue weighted by molar-refractivity contribution is 9.10. The largest absolute Gasteiger partial charge is 0.378 e. The summed E-state index contributed by atoms with van der Waals surface area (Å²) in [5.41, 5.74) is 6.44. The summed E-state index contributed by atoms with van der Waals surface area (Å²) in [5.74, 6) is 0.568. The Morgan fingerprint density at radius 2 is 2.10 bits per heavy atom. The third-order valence-electron chi connectivity index (χ3n) is 3.99. The fourth-order valence-corrected chi connectivity index (χ4v) is 3.18. The number of primary amides is 1. The lowest BCUT2D eigenvalue weighted by Crippen LogP contribution is -2.39. The number of carbonyl (C=O) groups is 1. The van der Waals surface area contributed by atoms with E-state index in [2.05, 4.69) is 35.1 Å². The molecule has 0 bridgehead atoms. The van der Waals surface area contributed by atoms with Gasteiger partial charge in [-0.15, -0.1) is 0 Å². The van der Waals surface area contributed by atoms with Crippen molar-refractivity contribution < 1.29 is 9.53 Å². The van der Waals surface area contributed by atoms with Gasteiger partial charge in [0.25, 0.3) is 0 Å². The first-order chi connectivity index (χ1) is 9.99. The van der Waals surface area contributed by atoms with Gasteiger partial charge in [0.2, 0.25) is 5.91 Å². The van der Waals surface area contributed by atoms with Crippen molar-refractivity contribution in [2.45, 2.75) is 32.4 Å². The van der Waals surface area contributed by atoms with Crippen LogP contribution in [0.15, 0.2) is 28.7 Å². The zero-order valence-electron chi connectivity index (χ0n) is 12.5. The van der Waals surface area contributed by atoms with Crippen molar-refractivity contribution in [3.63, 3.8) is 0 Å². The second kappa shape index (κ2) is 7.38. The number of rotatable bonds is 6. The number of halogens is 1. The minimum Gasteiger partial charge on any atom is -0.378 e. The molecule has 0 aromatic heterocycles. The first-order valence-corrected chi connectivity index (χ1v) is 8.18. The summed E-state index contributed by atoms with van der Waals surface area (Å²) >= 11 is 3.40. The Hall–Kier alpha value is -0.910. The molecule has 116 valence electrons. The Bertz CT molecular complexity index is 476. The molecule has 2 rings (SSSR count). The van der Waals surface area contributed by atoms with Crippen LogP contribution in [0.4, 0.5) is 0 Å². The smallest absolute Gasteiger partial charge is 0.239 e. The summed E-state index contributed by atoms with van der Waals surface area (Å²) < 4.78 is 6.76. The monoisotopic (exact) mass is 354 g/mol. The molecule has 1 saturated heterocycles. The Kier molecular flexibility index (Phi) is 5.79. The summed E-state index contributed by atoms with van der Waals surface area (Å²) in [7, 11) is 0. The summed E-state index contributed by atoms with van der Waals surface area (Å²) in [6, 6.07) is 7.21. The Morgan fingerprint density at radius 1 is 1.43 bits per heavy atom. The fraction of sp³-hybridized carbons (Fsp3) is 0.562. The molecule has 4 nitrogen and oxygen atoms in total. The summed E-state index contributed by atoms with van der Waals surface area (Å²) in [6.07, 6.45) is 1.29. The van der Waals surface area contributed by atoms with E-state index in [1.54, 1.807) is 0 Å². The maximum atomic E-state index is 11.7. The average Bonchev–Trinajstić information content (AvgIpc) is 2.89. The first-order valence-electron chi connectivity index (χ1n) is 7.38. The Morgan fingerprint density at radius 3 is 2.67 bits per heavy atom. The van der Waals surface area contributed by atoms with E-state index < -0.39 is 6.04 Å². The molecule has 1 aliphatic rings. The number of nitrogens with one attached hydrogen (secondary N) is 1. The van der Waals surface area contributed by atoms with E-state index in [-0.39, 0.29) is 12.0 Å². The van der Waals surface area contributed by atoms with Gasteiger partial charge in [0.15, 0.2) is 0 Å². The highest BCUT2D eigenvalue weighted by Crippen LogP contribution is 2.27. The topological polar surface area (TPSA) is 64.3 Å². The van der Waals surface area contributed by atoms with Crippen molar-refractivity contribution in [3.05, 3.63) is 34.3 Å². The highest BCUT2D eigenvalue weighted by atomic mass is 79.9. The second-order valence-corrected chi connectivity index (χ2v) is 6.84. The molecular weight excluding hydrogens is 332 g/mol. The molecule has 1 amide bonds. The van der Waals surface area contributed by atoms with Crippen LogP contribution in [0.25, 0.3) is 0 Å². The third-order valence-corrected chi connectivity index (χ3v) is 4.52. The lowest BCUT2D eigenvalue weighted by Gasteiger charge is -2.24. The van der Waals surface area contributed by atoms with Crippen LogP contribution in [0, 0.1) is 11.8 Å². The fourth-order valence-electron chi connectivity index (χ4n) is 2.92. The van der Waals surface area contributed by atoms with Crippen LogP contribution in [-0.4, -0.2) is 25.2 Å². The number of hydrogen-bond donors (Lipinski definition) is 2. The van der Waals surface area contributed by atoms with Crippen LogP contribution in [-0.2, 0) is 9.53 Å². The minimum atomic E-state index is -0.452.